The first-order valence-electron chi connectivity index (χ1n) is 9.08. The summed E-state index contributed by atoms with van der Waals surface area (Å²) in [6, 6.07) is 8.33. The van der Waals surface area contributed by atoms with Crippen LogP contribution in [-0.2, 0) is 11.3 Å². The maximum atomic E-state index is 12.3. The minimum Gasteiger partial charge on any atom is -0.373 e. The quantitative estimate of drug-likeness (QED) is 0.810. The van der Waals surface area contributed by atoms with Crippen LogP contribution < -0.4 is 10.6 Å². The molecule has 3 rings (SSSR count). The number of ether oxygens (including phenoxy) is 1. The molecule has 0 aliphatic carbocycles. The molecule has 2 aliphatic heterocycles. The Kier molecular flexibility index (Phi) is 9.90. The number of benzene rings is 1. The molecule has 0 spiro atoms. The molecule has 5 nitrogen and oxygen atoms in total. The third-order valence-corrected chi connectivity index (χ3v) is 4.79. The van der Waals surface area contributed by atoms with Crippen LogP contribution in [0.25, 0.3) is 0 Å². The molecule has 2 fully saturated rings. The maximum Gasteiger partial charge on any atom is 0.251 e. The first kappa shape index (κ1) is 23.2. The number of nitrogens with zero attached hydrogens (tertiary/aromatic N) is 1. The summed E-state index contributed by atoms with van der Waals surface area (Å²) in [5, 5.41) is 6.46. The number of rotatable bonds is 4. The van der Waals surface area contributed by atoms with Gasteiger partial charge in [-0.05, 0) is 57.5 Å². The molecule has 2 heterocycles. The highest BCUT2D eigenvalue weighted by Crippen LogP contribution is 2.15. The van der Waals surface area contributed by atoms with Crippen molar-refractivity contribution in [2.45, 2.75) is 51.5 Å². The normalized spacial score (nSPS) is 24.2. The van der Waals surface area contributed by atoms with Gasteiger partial charge >= 0.3 is 0 Å². The highest BCUT2D eigenvalue weighted by Gasteiger charge is 2.22. The molecule has 0 radical (unpaired) electrons. The van der Waals surface area contributed by atoms with Crippen LogP contribution in [0.3, 0.4) is 0 Å². The molecule has 26 heavy (non-hydrogen) atoms. The van der Waals surface area contributed by atoms with Gasteiger partial charge in [0.2, 0.25) is 0 Å². The Morgan fingerprint density at radius 2 is 1.69 bits per heavy atom. The van der Waals surface area contributed by atoms with E-state index in [9.17, 15) is 4.79 Å². The van der Waals surface area contributed by atoms with Gasteiger partial charge in [-0.1, -0.05) is 12.1 Å². The van der Waals surface area contributed by atoms with Crippen LogP contribution in [0.2, 0.25) is 0 Å². The van der Waals surface area contributed by atoms with E-state index in [4.69, 9.17) is 4.74 Å². The summed E-state index contributed by atoms with van der Waals surface area (Å²) in [7, 11) is 0. The van der Waals surface area contributed by atoms with Crippen LogP contribution in [0.1, 0.15) is 42.6 Å². The average Bonchev–Trinajstić information content (AvgIpc) is 2.55. The van der Waals surface area contributed by atoms with E-state index >= 15 is 0 Å². The van der Waals surface area contributed by atoms with Crippen molar-refractivity contribution < 1.29 is 9.53 Å². The van der Waals surface area contributed by atoms with Crippen LogP contribution in [0, 0.1) is 0 Å². The Morgan fingerprint density at radius 1 is 1.12 bits per heavy atom. The van der Waals surface area contributed by atoms with Crippen molar-refractivity contribution in [3.8, 4) is 0 Å². The summed E-state index contributed by atoms with van der Waals surface area (Å²) < 4.78 is 5.78. The maximum absolute atomic E-state index is 12.3. The molecule has 2 N–H and O–H groups in total. The lowest BCUT2D eigenvalue weighted by Gasteiger charge is -2.35. The Balaban J connectivity index is 0.00000169. The third kappa shape index (κ3) is 6.71. The number of amides is 1. The molecular formula is C19H31Cl2N3O2. The highest BCUT2D eigenvalue weighted by molar-refractivity contribution is 5.94. The van der Waals surface area contributed by atoms with E-state index in [0.717, 1.165) is 51.1 Å². The number of carbonyl (C=O) groups excluding carboxylic acids is 1. The minimum atomic E-state index is 0. The van der Waals surface area contributed by atoms with Crippen LogP contribution in [0.4, 0.5) is 0 Å². The van der Waals surface area contributed by atoms with Crippen molar-refractivity contribution >= 4 is 30.7 Å². The first-order valence-corrected chi connectivity index (χ1v) is 9.08. The second kappa shape index (κ2) is 11.1. The van der Waals surface area contributed by atoms with E-state index in [0.29, 0.717) is 6.04 Å². The number of hydrogen-bond donors (Lipinski definition) is 2. The zero-order chi connectivity index (χ0) is 16.9. The lowest BCUT2D eigenvalue weighted by Crippen LogP contribution is -2.44. The van der Waals surface area contributed by atoms with Gasteiger partial charge in [0, 0.05) is 31.2 Å². The van der Waals surface area contributed by atoms with Crippen LogP contribution >= 0.6 is 24.8 Å². The SMILES string of the molecule is CC1CN(Cc2ccc(C(=O)NC3CCNCC3)cc2)CC(C)O1.Cl.Cl. The molecule has 0 bridgehead atoms. The fourth-order valence-electron chi connectivity index (χ4n) is 3.67. The summed E-state index contributed by atoms with van der Waals surface area (Å²) >= 11 is 0. The molecule has 0 aromatic heterocycles. The third-order valence-electron chi connectivity index (χ3n) is 4.79. The fraction of sp³-hybridized carbons (Fsp3) is 0.632. The van der Waals surface area contributed by atoms with Crippen LogP contribution in [-0.4, -0.2) is 55.2 Å². The van der Waals surface area contributed by atoms with Gasteiger partial charge in [0.25, 0.3) is 5.91 Å². The molecule has 7 heteroatoms. The largest absolute Gasteiger partial charge is 0.373 e. The van der Waals surface area contributed by atoms with Gasteiger partial charge in [0.1, 0.15) is 0 Å². The summed E-state index contributed by atoms with van der Waals surface area (Å²) in [5.74, 6) is 0.0436. The minimum absolute atomic E-state index is 0. The number of morpholine rings is 1. The van der Waals surface area contributed by atoms with Gasteiger partial charge in [-0.2, -0.15) is 0 Å². The Labute approximate surface area is 169 Å². The number of piperidine rings is 1. The van der Waals surface area contributed by atoms with E-state index in [2.05, 4.69) is 41.5 Å². The van der Waals surface area contributed by atoms with E-state index in [1.165, 1.54) is 5.56 Å². The lowest BCUT2D eigenvalue weighted by molar-refractivity contribution is -0.0704. The predicted molar refractivity (Wildman–Crippen MR) is 110 cm³/mol. The van der Waals surface area contributed by atoms with E-state index in [1.54, 1.807) is 0 Å². The van der Waals surface area contributed by atoms with Crippen molar-refractivity contribution in [3.63, 3.8) is 0 Å². The Hall–Kier alpha value is -0.850. The van der Waals surface area contributed by atoms with Crippen molar-refractivity contribution in [1.82, 2.24) is 15.5 Å². The number of carbonyl (C=O) groups is 1. The number of halogens is 2. The van der Waals surface area contributed by atoms with Crippen molar-refractivity contribution in [3.05, 3.63) is 35.4 Å². The second-order valence-electron chi connectivity index (χ2n) is 7.15. The summed E-state index contributed by atoms with van der Waals surface area (Å²) in [5.41, 5.74) is 2.00. The van der Waals surface area contributed by atoms with Gasteiger partial charge < -0.3 is 15.4 Å². The van der Waals surface area contributed by atoms with Crippen molar-refractivity contribution in [2.75, 3.05) is 26.2 Å². The molecule has 148 valence electrons. The molecule has 1 amide bonds. The second-order valence-corrected chi connectivity index (χ2v) is 7.15. The van der Waals surface area contributed by atoms with Gasteiger partial charge in [0.15, 0.2) is 0 Å². The first-order chi connectivity index (χ1) is 11.6. The molecule has 1 aromatic carbocycles. The zero-order valence-electron chi connectivity index (χ0n) is 15.6. The Morgan fingerprint density at radius 3 is 2.27 bits per heavy atom. The van der Waals surface area contributed by atoms with Gasteiger partial charge in [-0.25, -0.2) is 0 Å². The monoisotopic (exact) mass is 403 g/mol. The topological polar surface area (TPSA) is 53.6 Å². The summed E-state index contributed by atoms with van der Waals surface area (Å²) in [6.07, 6.45) is 2.58. The molecule has 2 aliphatic rings. The highest BCUT2D eigenvalue weighted by atomic mass is 35.5. The molecular weight excluding hydrogens is 373 g/mol. The van der Waals surface area contributed by atoms with Crippen molar-refractivity contribution in [2.24, 2.45) is 0 Å². The molecule has 1 aromatic rings. The van der Waals surface area contributed by atoms with E-state index < -0.39 is 0 Å². The van der Waals surface area contributed by atoms with Gasteiger partial charge in [-0.3, -0.25) is 9.69 Å². The average molecular weight is 404 g/mol. The van der Waals surface area contributed by atoms with E-state index in [1.807, 2.05) is 12.1 Å². The van der Waals surface area contributed by atoms with Crippen molar-refractivity contribution in [1.29, 1.82) is 0 Å². The van der Waals surface area contributed by atoms with Crippen LogP contribution in [0.5, 0.6) is 0 Å². The standard InChI is InChI=1S/C19H29N3O2.2ClH/c1-14-11-22(12-15(2)24-14)13-16-3-5-17(6-4-16)19(23)21-18-7-9-20-10-8-18;;/h3-6,14-15,18,20H,7-13H2,1-2H3,(H,21,23);2*1H. The molecule has 2 saturated heterocycles. The molecule has 0 saturated carbocycles. The number of hydrogen-bond acceptors (Lipinski definition) is 4. The smallest absolute Gasteiger partial charge is 0.251 e. The molecule has 2 atom stereocenters. The zero-order valence-corrected chi connectivity index (χ0v) is 17.2. The summed E-state index contributed by atoms with van der Waals surface area (Å²) in [6.45, 7) is 9.05. The number of nitrogens with one attached hydrogen (secondary N) is 2. The van der Waals surface area contributed by atoms with Gasteiger partial charge in [-0.15, -0.1) is 24.8 Å². The van der Waals surface area contributed by atoms with Gasteiger partial charge in [0.05, 0.1) is 12.2 Å². The lowest BCUT2D eigenvalue weighted by atomic mass is 10.1. The fourth-order valence-corrected chi connectivity index (χ4v) is 3.67. The van der Waals surface area contributed by atoms with E-state index in [-0.39, 0.29) is 42.9 Å². The Bertz CT molecular complexity index is 540. The molecule has 2 unspecified atom stereocenters. The van der Waals surface area contributed by atoms with Crippen LogP contribution in [0.15, 0.2) is 24.3 Å². The summed E-state index contributed by atoms with van der Waals surface area (Å²) in [4.78, 5) is 14.8. The predicted octanol–water partition coefficient (Wildman–Crippen LogP) is 2.62.